The highest BCUT2D eigenvalue weighted by Gasteiger charge is 2.11. The van der Waals surface area contributed by atoms with Crippen molar-refractivity contribution in [1.82, 2.24) is 5.32 Å². The van der Waals surface area contributed by atoms with Crippen molar-refractivity contribution >= 4 is 79.7 Å². The number of halogens is 4. The molecule has 2 rings (SSSR count). The molecule has 8 heteroatoms. The Bertz CT molecular complexity index is 755. The van der Waals surface area contributed by atoms with E-state index in [1.54, 1.807) is 30.3 Å². The zero-order valence-electron chi connectivity index (χ0n) is 10.8. The summed E-state index contributed by atoms with van der Waals surface area (Å²) < 4.78 is 0.841. The molecular weight excluding hydrogens is 430 g/mol. The monoisotopic (exact) mass is 436 g/mol. The Morgan fingerprint density at radius 1 is 1.00 bits per heavy atom. The van der Waals surface area contributed by atoms with Crippen LogP contribution < -0.4 is 10.6 Å². The fourth-order valence-corrected chi connectivity index (χ4v) is 2.78. The molecule has 0 unspecified atom stereocenters. The first-order valence-electron chi connectivity index (χ1n) is 5.89. The van der Waals surface area contributed by atoms with E-state index in [4.69, 9.17) is 47.0 Å². The summed E-state index contributed by atoms with van der Waals surface area (Å²) in [6.07, 6.45) is 0. The van der Waals surface area contributed by atoms with Crippen LogP contribution in [0.25, 0.3) is 0 Å². The molecule has 0 aromatic heterocycles. The summed E-state index contributed by atoms with van der Waals surface area (Å²) in [5, 5.41) is 6.66. The minimum atomic E-state index is -0.399. The Morgan fingerprint density at radius 3 is 2.36 bits per heavy atom. The summed E-state index contributed by atoms with van der Waals surface area (Å²) in [5.74, 6) is -0.399. The molecule has 0 aliphatic rings. The van der Waals surface area contributed by atoms with Crippen molar-refractivity contribution in [2.45, 2.75) is 0 Å². The number of hydrogen-bond donors (Lipinski definition) is 2. The molecule has 0 fully saturated rings. The lowest BCUT2D eigenvalue weighted by atomic mass is 10.2. The standard InChI is InChI=1S/C14H8BrCl3N2OS/c15-8-2-4-12(11(18)6-8)19-14(22)20-13(21)7-1-3-9(16)10(17)5-7/h1-6H,(H2,19,20,21,22). The first-order chi connectivity index (χ1) is 10.4. The van der Waals surface area contributed by atoms with E-state index in [1.165, 1.54) is 6.07 Å². The molecule has 0 radical (unpaired) electrons. The lowest BCUT2D eigenvalue weighted by Crippen LogP contribution is -2.34. The molecule has 114 valence electrons. The molecule has 0 saturated heterocycles. The SMILES string of the molecule is O=C(NC(=S)Nc1ccc(Br)cc1Cl)c1ccc(Cl)c(Cl)c1. The van der Waals surface area contributed by atoms with Gasteiger partial charge in [0.1, 0.15) is 0 Å². The van der Waals surface area contributed by atoms with Crippen LogP contribution in [0.15, 0.2) is 40.9 Å². The van der Waals surface area contributed by atoms with Gasteiger partial charge in [0.15, 0.2) is 5.11 Å². The topological polar surface area (TPSA) is 41.1 Å². The van der Waals surface area contributed by atoms with E-state index in [0.29, 0.717) is 26.3 Å². The van der Waals surface area contributed by atoms with Gasteiger partial charge >= 0.3 is 0 Å². The van der Waals surface area contributed by atoms with Crippen molar-refractivity contribution < 1.29 is 4.79 Å². The molecule has 3 nitrogen and oxygen atoms in total. The van der Waals surface area contributed by atoms with Crippen LogP contribution in [0.3, 0.4) is 0 Å². The maximum atomic E-state index is 12.1. The third-order valence-electron chi connectivity index (χ3n) is 2.59. The molecule has 0 aliphatic heterocycles. The molecule has 0 atom stereocenters. The number of carbonyl (C=O) groups is 1. The van der Waals surface area contributed by atoms with Gasteiger partial charge in [0.05, 0.1) is 20.8 Å². The third kappa shape index (κ3) is 4.57. The Balaban J connectivity index is 2.05. The van der Waals surface area contributed by atoms with E-state index in [1.807, 2.05) is 0 Å². The minimum Gasteiger partial charge on any atom is -0.331 e. The summed E-state index contributed by atoms with van der Waals surface area (Å²) in [7, 11) is 0. The van der Waals surface area contributed by atoms with E-state index in [-0.39, 0.29) is 5.11 Å². The number of hydrogen-bond acceptors (Lipinski definition) is 2. The molecule has 2 aromatic carbocycles. The second-order valence-corrected chi connectivity index (χ2v) is 6.71. The summed E-state index contributed by atoms with van der Waals surface area (Å²) in [5.41, 5.74) is 0.935. The van der Waals surface area contributed by atoms with Crippen molar-refractivity contribution in [3.8, 4) is 0 Å². The Kier molecular flexibility index (Phi) is 6.06. The molecule has 0 bridgehead atoms. The molecule has 0 aliphatic carbocycles. The fraction of sp³-hybridized carbons (Fsp3) is 0. The number of thiocarbonyl (C=S) groups is 1. The van der Waals surface area contributed by atoms with Crippen molar-refractivity contribution in [1.29, 1.82) is 0 Å². The van der Waals surface area contributed by atoms with Gasteiger partial charge in [-0.3, -0.25) is 10.1 Å². The molecule has 1 amide bonds. The highest BCUT2D eigenvalue weighted by atomic mass is 79.9. The van der Waals surface area contributed by atoms with Gasteiger partial charge in [0.25, 0.3) is 5.91 Å². The lowest BCUT2D eigenvalue weighted by molar-refractivity contribution is 0.0978. The van der Waals surface area contributed by atoms with Gasteiger partial charge in [-0.15, -0.1) is 0 Å². The molecule has 0 spiro atoms. The zero-order valence-corrected chi connectivity index (χ0v) is 15.5. The van der Waals surface area contributed by atoms with Gasteiger partial charge in [-0.25, -0.2) is 0 Å². The summed E-state index contributed by atoms with van der Waals surface area (Å²) in [6, 6.07) is 9.82. The number of rotatable bonds is 2. The number of anilines is 1. The molecule has 2 aromatic rings. The summed E-state index contributed by atoms with van der Waals surface area (Å²) in [4.78, 5) is 12.1. The number of benzene rings is 2. The highest BCUT2D eigenvalue weighted by molar-refractivity contribution is 9.10. The second-order valence-electron chi connectivity index (χ2n) is 4.16. The van der Waals surface area contributed by atoms with Crippen LogP contribution in [-0.4, -0.2) is 11.0 Å². The van der Waals surface area contributed by atoms with Crippen LogP contribution in [0.2, 0.25) is 15.1 Å². The normalized spacial score (nSPS) is 10.2. The van der Waals surface area contributed by atoms with Crippen molar-refractivity contribution in [3.05, 3.63) is 61.5 Å². The van der Waals surface area contributed by atoms with Crippen LogP contribution in [0, 0.1) is 0 Å². The second kappa shape index (κ2) is 7.62. The summed E-state index contributed by atoms with van der Waals surface area (Å²) in [6.45, 7) is 0. The lowest BCUT2D eigenvalue weighted by Gasteiger charge is -2.11. The zero-order chi connectivity index (χ0) is 16.3. The van der Waals surface area contributed by atoms with Crippen LogP contribution in [-0.2, 0) is 0 Å². The predicted molar refractivity (Wildman–Crippen MR) is 99.3 cm³/mol. The molecule has 0 heterocycles. The maximum absolute atomic E-state index is 12.1. The molecular formula is C14H8BrCl3N2OS. The fourth-order valence-electron chi connectivity index (χ4n) is 1.56. The van der Waals surface area contributed by atoms with Crippen LogP contribution in [0.4, 0.5) is 5.69 Å². The van der Waals surface area contributed by atoms with E-state index in [0.717, 1.165) is 4.47 Å². The van der Waals surface area contributed by atoms with Crippen LogP contribution >= 0.6 is 63.0 Å². The highest BCUT2D eigenvalue weighted by Crippen LogP contribution is 2.25. The number of carbonyl (C=O) groups excluding carboxylic acids is 1. The van der Waals surface area contributed by atoms with Gasteiger partial charge in [-0.2, -0.15) is 0 Å². The Labute approximate surface area is 156 Å². The average molecular weight is 439 g/mol. The van der Waals surface area contributed by atoms with Gasteiger partial charge in [-0.05, 0) is 48.6 Å². The quantitative estimate of drug-likeness (QED) is 0.605. The first-order valence-corrected chi connectivity index (χ1v) is 8.23. The largest absolute Gasteiger partial charge is 0.331 e. The average Bonchev–Trinajstić information content (AvgIpc) is 2.45. The molecule has 0 saturated carbocycles. The minimum absolute atomic E-state index is 0.125. The molecule has 2 N–H and O–H groups in total. The van der Waals surface area contributed by atoms with Crippen molar-refractivity contribution in [2.75, 3.05) is 5.32 Å². The Morgan fingerprint density at radius 2 is 1.73 bits per heavy atom. The van der Waals surface area contributed by atoms with Gasteiger partial charge in [0, 0.05) is 10.0 Å². The van der Waals surface area contributed by atoms with Gasteiger partial charge < -0.3 is 5.32 Å². The third-order valence-corrected chi connectivity index (χ3v) is 4.34. The first kappa shape index (κ1) is 17.5. The van der Waals surface area contributed by atoms with Crippen LogP contribution in [0.1, 0.15) is 10.4 Å². The van der Waals surface area contributed by atoms with Gasteiger partial charge in [0.2, 0.25) is 0 Å². The van der Waals surface area contributed by atoms with Gasteiger partial charge in [-0.1, -0.05) is 50.7 Å². The van der Waals surface area contributed by atoms with E-state index in [2.05, 4.69) is 26.6 Å². The molecule has 22 heavy (non-hydrogen) atoms. The van der Waals surface area contributed by atoms with Crippen molar-refractivity contribution in [2.24, 2.45) is 0 Å². The van der Waals surface area contributed by atoms with E-state index >= 15 is 0 Å². The summed E-state index contributed by atoms with van der Waals surface area (Å²) >= 11 is 26.2. The smallest absolute Gasteiger partial charge is 0.257 e. The maximum Gasteiger partial charge on any atom is 0.257 e. The van der Waals surface area contributed by atoms with E-state index in [9.17, 15) is 4.79 Å². The van der Waals surface area contributed by atoms with Crippen LogP contribution in [0.5, 0.6) is 0 Å². The predicted octanol–water partition coefficient (Wildman–Crippen LogP) is 5.54. The Hall–Kier alpha value is -0.850. The number of amides is 1. The van der Waals surface area contributed by atoms with Crippen molar-refractivity contribution in [3.63, 3.8) is 0 Å². The number of nitrogens with one attached hydrogen (secondary N) is 2. The van der Waals surface area contributed by atoms with E-state index < -0.39 is 5.91 Å².